The van der Waals surface area contributed by atoms with Crippen LogP contribution >= 0.6 is 0 Å². The Labute approximate surface area is 112 Å². The van der Waals surface area contributed by atoms with E-state index in [-0.39, 0.29) is 11.7 Å². The molecule has 0 fully saturated rings. The summed E-state index contributed by atoms with van der Waals surface area (Å²) in [6.45, 7) is 3.61. The number of rotatable bonds is 5. The molecular weight excluding hydrogens is 279 g/mol. The molecule has 0 saturated heterocycles. The fourth-order valence-electron chi connectivity index (χ4n) is 1.41. The second-order valence-corrected chi connectivity index (χ2v) is 4.46. The lowest BCUT2D eigenvalue weighted by Gasteiger charge is -2.15. The molecule has 1 aromatic rings. The molecule has 112 valence electrons. The molecule has 0 aliphatic heterocycles. The summed E-state index contributed by atoms with van der Waals surface area (Å²) in [5.41, 5.74) is -0.132. The molecule has 1 amide bonds. The van der Waals surface area contributed by atoms with E-state index in [1.807, 2.05) is 5.32 Å². The topological polar surface area (TPSA) is 84.2 Å². The van der Waals surface area contributed by atoms with Crippen LogP contribution in [0.3, 0.4) is 0 Å². The molecule has 2 N–H and O–H groups in total. The summed E-state index contributed by atoms with van der Waals surface area (Å²) in [6, 6.07) is -0.754. The minimum Gasteiger partial charge on any atom is -0.480 e. The van der Waals surface area contributed by atoms with E-state index in [0.29, 0.717) is 0 Å². The molecule has 0 aliphatic rings. The average Bonchev–Trinajstić information content (AvgIpc) is 2.75. The molecule has 1 rings (SSSR count). The first-order valence-corrected chi connectivity index (χ1v) is 5.75. The van der Waals surface area contributed by atoms with Gasteiger partial charge < -0.3 is 10.4 Å². The van der Waals surface area contributed by atoms with Crippen molar-refractivity contribution in [2.24, 2.45) is 0 Å². The zero-order valence-electron chi connectivity index (χ0n) is 10.8. The number of halogens is 3. The van der Waals surface area contributed by atoms with E-state index in [1.165, 1.54) is 16.9 Å². The molecule has 1 heterocycles. The lowest BCUT2D eigenvalue weighted by molar-refractivity contribution is -0.157. The van der Waals surface area contributed by atoms with E-state index in [9.17, 15) is 22.8 Å². The molecule has 0 radical (unpaired) electrons. The predicted molar refractivity (Wildman–Crippen MR) is 62.2 cm³/mol. The van der Waals surface area contributed by atoms with Crippen LogP contribution in [0.1, 0.15) is 36.8 Å². The third-order valence-electron chi connectivity index (χ3n) is 2.41. The van der Waals surface area contributed by atoms with Crippen molar-refractivity contribution in [2.75, 3.05) is 0 Å². The van der Waals surface area contributed by atoms with Gasteiger partial charge in [0, 0.05) is 12.2 Å². The van der Waals surface area contributed by atoms with Gasteiger partial charge in [0.1, 0.15) is 11.7 Å². The van der Waals surface area contributed by atoms with Gasteiger partial charge in [0.2, 0.25) is 0 Å². The Kier molecular flexibility index (Phi) is 4.74. The highest BCUT2D eigenvalue weighted by Gasteiger charge is 2.36. The Bertz CT molecular complexity index is 497. The molecule has 20 heavy (non-hydrogen) atoms. The van der Waals surface area contributed by atoms with Crippen molar-refractivity contribution in [3.05, 3.63) is 18.0 Å². The smallest absolute Gasteiger partial charge is 0.391 e. The number of hydrogen-bond donors (Lipinski definition) is 2. The van der Waals surface area contributed by atoms with Crippen LogP contribution in [-0.2, 0) is 4.79 Å². The van der Waals surface area contributed by atoms with Crippen molar-refractivity contribution in [3.63, 3.8) is 0 Å². The molecule has 1 atom stereocenters. The van der Waals surface area contributed by atoms with Gasteiger partial charge in [-0.3, -0.25) is 9.48 Å². The van der Waals surface area contributed by atoms with Crippen LogP contribution < -0.4 is 5.32 Å². The Hall–Kier alpha value is -2.06. The highest BCUT2D eigenvalue weighted by Crippen LogP contribution is 2.21. The summed E-state index contributed by atoms with van der Waals surface area (Å²) < 4.78 is 38.0. The molecule has 0 spiro atoms. The maximum Gasteiger partial charge on any atom is 0.391 e. The number of amides is 1. The van der Waals surface area contributed by atoms with Gasteiger partial charge >= 0.3 is 12.1 Å². The van der Waals surface area contributed by atoms with Crippen LogP contribution in [0.15, 0.2) is 12.3 Å². The lowest BCUT2D eigenvalue weighted by atomic mass is 10.2. The summed E-state index contributed by atoms with van der Waals surface area (Å²) >= 11 is 0. The maximum atomic E-state index is 12.2. The fourth-order valence-corrected chi connectivity index (χ4v) is 1.41. The first-order chi connectivity index (χ1) is 9.10. The standard InChI is InChI=1S/C11H14F3N3O3/c1-6(2)17-4-3-7(16-17)9(18)15-8(10(19)20)5-11(12,13)14/h3-4,6,8H,5H2,1-2H3,(H,15,18)(H,19,20). The first kappa shape index (κ1) is 16.0. The number of hydrogen-bond acceptors (Lipinski definition) is 3. The van der Waals surface area contributed by atoms with Crippen molar-refractivity contribution >= 4 is 11.9 Å². The van der Waals surface area contributed by atoms with E-state index in [4.69, 9.17) is 5.11 Å². The lowest BCUT2D eigenvalue weighted by Crippen LogP contribution is -2.43. The second-order valence-electron chi connectivity index (χ2n) is 4.46. The SMILES string of the molecule is CC(C)n1ccc(C(=O)NC(CC(F)(F)F)C(=O)O)n1. The normalized spacial score (nSPS) is 13.3. The van der Waals surface area contributed by atoms with Crippen molar-refractivity contribution in [3.8, 4) is 0 Å². The highest BCUT2D eigenvalue weighted by molar-refractivity contribution is 5.94. The number of alkyl halides is 3. The number of aliphatic carboxylic acids is 1. The quantitative estimate of drug-likeness (QED) is 0.863. The number of carboxylic acid groups (broad SMARTS) is 1. The largest absolute Gasteiger partial charge is 0.480 e. The molecule has 0 aliphatic carbocycles. The minimum atomic E-state index is -4.69. The van der Waals surface area contributed by atoms with E-state index >= 15 is 0 Å². The average molecular weight is 293 g/mol. The van der Waals surface area contributed by atoms with E-state index < -0.39 is 30.5 Å². The van der Waals surface area contributed by atoms with Crippen LogP contribution in [-0.4, -0.2) is 39.0 Å². The van der Waals surface area contributed by atoms with Crippen LogP contribution in [0, 0.1) is 0 Å². The van der Waals surface area contributed by atoms with E-state index in [0.717, 1.165) is 0 Å². The molecular formula is C11H14F3N3O3. The van der Waals surface area contributed by atoms with Gasteiger partial charge in [-0.1, -0.05) is 0 Å². The van der Waals surface area contributed by atoms with Crippen LogP contribution in [0.4, 0.5) is 13.2 Å². The molecule has 9 heteroatoms. The third kappa shape index (κ3) is 4.56. The monoisotopic (exact) mass is 293 g/mol. The van der Waals surface area contributed by atoms with Gasteiger partial charge in [-0.15, -0.1) is 0 Å². The zero-order chi connectivity index (χ0) is 15.5. The third-order valence-corrected chi connectivity index (χ3v) is 2.41. The van der Waals surface area contributed by atoms with Crippen molar-refractivity contribution in [1.29, 1.82) is 0 Å². The van der Waals surface area contributed by atoms with Gasteiger partial charge in [0.15, 0.2) is 0 Å². The van der Waals surface area contributed by atoms with Crippen molar-refractivity contribution < 1.29 is 27.9 Å². The highest BCUT2D eigenvalue weighted by atomic mass is 19.4. The number of carboxylic acids is 1. The van der Waals surface area contributed by atoms with Crippen LogP contribution in [0.5, 0.6) is 0 Å². The van der Waals surface area contributed by atoms with Gasteiger partial charge in [-0.05, 0) is 19.9 Å². The number of carbonyl (C=O) groups is 2. The Morgan fingerprint density at radius 1 is 1.45 bits per heavy atom. The molecule has 1 unspecified atom stereocenters. The molecule has 6 nitrogen and oxygen atoms in total. The van der Waals surface area contributed by atoms with Gasteiger partial charge in [-0.25, -0.2) is 4.79 Å². The maximum absolute atomic E-state index is 12.2. The zero-order valence-corrected chi connectivity index (χ0v) is 10.8. The summed E-state index contributed by atoms with van der Waals surface area (Å²) in [6.07, 6.45) is -4.84. The number of aromatic nitrogens is 2. The Morgan fingerprint density at radius 3 is 2.45 bits per heavy atom. The summed E-state index contributed by atoms with van der Waals surface area (Å²) in [5.74, 6) is -2.71. The summed E-state index contributed by atoms with van der Waals surface area (Å²) in [4.78, 5) is 22.4. The number of carbonyl (C=O) groups excluding carboxylic acids is 1. The van der Waals surface area contributed by atoms with E-state index in [2.05, 4.69) is 5.10 Å². The van der Waals surface area contributed by atoms with E-state index in [1.54, 1.807) is 13.8 Å². The van der Waals surface area contributed by atoms with Crippen LogP contribution in [0.25, 0.3) is 0 Å². The Morgan fingerprint density at radius 2 is 2.05 bits per heavy atom. The van der Waals surface area contributed by atoms with Gasteiger partial charge in [0.25, 0.3) is 5.91 Å². The van der Waals surface area contributed by atoms with Gasteiger partial charge in [-0.2, -0.15) is 18.3 Å². The first-order valence-electron chi connectivity index (χ1n) is 5.75. The second kappa shape index (κ2) is 5.93. The van der Waals surface area contributed by atoms with Crippen LogP contribution in [0.2, 0.25) is 0 Å². The molecule has 1 aromatic heterocycles. The van der Waals surface area contributed by atoms with Crippen molar-refractivity contribution in [2.45, 2.75) is 38.5 Å². The van der Waals surface area contributed by atoms with Gasteiger partial charge in [0.05, 0.1) is 6.42 Å². The summed E-state index contributed by atoms with van der Waals surface area (Å²) in [5, 5.41) is 14.3. The summed E-state index contributed by atoms with van der Waals surface area (Å²) in [7, 11) is 0. The number of nitrogens with zero attached hydrogens (tertiary/aromatic N) is 2. The fraction of sp³-hybridized carbons (Fsp3) is 0.545. The predicted octanol–water partition coefficient (Wildman–Crippen LogP) is 1.60. The molecule has 0 aromatic carbocycles. The Balaban J connectivity index is 2.77. The number of nitrogens with one attached hydrogen (secondary N) is 1. The molecule has 0 saturated carbocycles. The minimum absolute atomic E-state index is 0.0259. The molecule has 0 bridgehead atoms. The van der Waals surface area contributed by atoms with Crippen molar-refractivity contribution in [1.82, 2.24) is 15.1 Å².